The second-order valence-electron chi connectivity index (χ2n) is 3.80. The number of nitrogens with one attached hydrogen (secondary N) is 1. The second kappa shape index (κ2) is 7.75. The van der Waals surface area contributed by atoms with Gasteiger partial charge in [0.05, 0.1) is 13.2 Å². The predicted octanol–water partition coefficient (Wildman–Crippen LogP) is 1.14. The number of hydrogen-bond donors (Lipinski definition) is 3. The number of carboxylic acid groups (broad SMARTS) is 1. The number of urea groups is 1. The average molecular weight is 308 g/mol. The number of thiophene rings is 1. The summed E-state index contributed by atoms with van der Waals surface area (Å²) in [5.74, 6) is -1.29. The van der Waals surface area contributed by atoms with Crippen LogP contribution in [0.3, 0.4) is 0 Å². The standard InChI is InChI=1S/C11H14F2N2O4S/c12-8(13)6-15(3-4-16)11(19)14-9(10(17)18)7-2-1-5-20-7/h1-2,5,8-9,16H,3-4,6H2,(H,14,19)(H,17,18). The summed E-state index contributed by atoms with van der Waals surface area (Å²) in [7, 11) is 0. The summed E-state index contributed by atoms with van der Waals surface area (Å²) in [4.78, 5) is 24.0. The summed E-state index contributed by atoms with van der Waals surface area (Å²) < 4.78 is 24.6. The van der Waals surface area contributed by atoms with Crippen molar-refractivity contribution in [1.29, 1.82) is 0 Å². The minimum atomic E-state index is -2.77. The lowest BCUT2D eigenvalue weighted by molar-refractivity contribution is -0.139. The monoisotopic (exact) mass is 308 g/mol. The Morgan fingerprint density at radius 1 is 1.45 bits per heavy atom. The van der Waals surface area contributed by atoms with E-state index in [0.717, 1.165) is 11.3 Å². The summed E-state index contributed by atoms with van der Waals surface area (Å²) >= 11 is 1.13. The number of alkyl halides is 2. The van der Waals surface area contributed by atoms with Crippen molar-refractivity contribution in [2.24, 2.45) is 0 Å². The fourth-order valence-corrected chi connectivity index (χ4v) is 2.26. The zero-order chi connectivity index (χ0) is 15.1. The minimum Gasteiger partial charge on any atom is -0.479 e. The molecule has 0 saturated heterocycles. The number of carbonyl (C=O) groups is 2. The molecule has 1 unspecified atom stereocenters. The third kappa shape index (κ3) is 4.74. The molecule has 112 valence electrons. The topological polar surface area (TPSA) is 89.9 Å². The number of aliphatic hydroxyl groups excluding tert-OH is 1. The molecule has 0 fully saturated rings. The van der Waals surface area contributed by atoms with E-state index in [2.05, 4.69) is 5.32 Å². The number of carboxylic acids is 1. The van der Waals surface area contributed by atoms with Crippen molar-refractivity contribution < 1.29 is 28.6 Å². The molecule has 0 saturated carbocycles. The van der Waals surface area contributed by atoms with E-state index in [-0.39, 0.29) is 6.54 Å². The summed E-state index contributed by atoms with van der Waals surface area (Å²) in [6.07, 6.45) is -2.77. The Hall–Kier alpha value is -1.74. The normalized spacial score (nSPS) is 12.2. The third-order valence-electron chi connectivity index (χ3n) is 2.36. The van der Waals surface area contributed by atoms with Crippen LogP contribution in [0.25, 0.3) is 0 Å². The number of amides is 2. The molecule has 2 amide bonds. The molecule has 1 aromatic heterocycles. The predicted molar refractivity (Wildman–Crippen MR) is 67.9 cm³/mol. The molecule has 0 aliphatic carbocycles. The van der Waals surface area contributed by atoms with Gasteiger partial charge in [0.2, 0.25) is 0 Å². The SMILES string of the molecule is O=C(O)C(NC(=O)N(CCO)CC(F)F)c1cccs1. The van der Waals surface area contributed by atoms with Gasteiger partial charge in [0.1, 0.15) is 0 Å². The fraction of sp³-hybridized carbons (Fsp3) is 0.455. The number of halogens is 2. The molecule has 1 heterocycles. The van der Waals surface area contributed by atoms with E-state index >= 15 is 0 Å². The highest BCUT2D eigenvalue weighted by atomic mass is 32.1. The highest BCUT2D eigenvalue weighted by molar-refractivity contribution is 7.10. The molecule has 0 spiro atoms. The van der Waals surface area contributed by atoms with Crippen LogP contribution >= 0.6 is 11.3 Å². The first-order chi connectivity index (χ1) is 9.45. The Balaban J connectivity index is 2.76. The second-order valence-corrected chi connectivity index (χ2v) is 4.78. The maximum Gasteiger partial charge on any atom is 0.331 e. The smallest absolute Gasteiger partial charge is 0.331 e. The summed E-state index contributed by atoms with van der Waals surface area (Å²) in [5, 5.41) is 21.6. The van der Waals surface area contributed by atoms with Gasteiger partial charge in [0, 0.05) is 11.4 Å². The van der Waals surface area contributed by atoms with Crippen molar-refractivity contribution in [3.63, 3.8) is 0 Å². The molecule has 20 heavy (non-hydrogen) atoms. The van der Waals surface area contributed by atoms with Gasteiger partial charge in [-0.15, -0.1) is 11.3 Å². The van der Waals surface area contributed by atoms with Gasteiger partial charge in [-0.05, 0) is 11.4 Å². The number of rotatable bonds is 7. The Morgan fingerprint density at radius 3 is 2.60 bits per heavy atom. The molecule has 9 heteroatoms. The van der Waals surface area contributed by atoms with Crippen molar-refractivity contribution in [3.05, 3.63) is 22.4 Å². The van der Waals surface area contributed by atoms with Gasteiger partial charge in [-0.1, -0.05) is 6.07 Å². The quantitative estimate of drug-likeness (QED) is 0.704. The molecule has 0 bridgehead atoms. The van der Waals surface area contributed by atoms with Crippen molar-refractivity contribution in [2.75, 3.05) is 19.7 Å². The van der Waals surface area contributed by atoms with Crippen LogP contribution in [0.5, 0.6) is 0 Å². The van der Waals surface area contributed by atoms with Crippen molar-refractivity contribution in [3.8, 4) is 0 Å². The lowest BCUT2D eigenvalue weighted by atomic mass is 10.2. The van der Waals surface area contributed by atoms with Gasteiger partial charge in [-0.3, -0.25) is 0 Å². The molecule has 6 nitrogen and oxygen atoms in total. The van der Waals surface area contributed by atoms with Gasteiger partial charge >= 0.3 is 12.0 Å². The first-order valence-electron chi connectivity index (χ1n) is 5.66. The maximum absolute atomic E-state index is 12.3. The molecule has 1 rings (SSSR count). The minimum absolute atomic E-state index is 0.299. The lowest BCUT2D eigenvalue weighted by Crippen LogP contribution is -2.46. The van der Waals surface area contributed by atoms with Crippen molar-refractivity contribution >= 4 is 23.3 Å². The third-order valence-corrected chi connectivity index (χ3v) is 3.30. The highest BCUT2D eigenvalue weighted by Crippen LogP contribution is 2.19. The Bertz CT molecular complexity index is 442. The van der Waals surface area contributed by atoms with Gasteiger partial charge in [0.15, 0.2) is 6.04 Å². The number of aliphatic carboxylic acids is 1. The number of carbonyl (C=O) groups excluding carboxylic acids is 1. The first kappa shape index (κ1) is 16.3. The molecule has 0 radical (unpaired) electrons. The van der Waals surface area contributed by atoms with Gasteiger partial charge in [-0.25, -0.2) is 18.4 Å². The van der Waals surface area contributed by atoms with Crippen LogP contribution < -0.4 is 5.32 Å². The molecular weight excluding hydrogens is 294 g/mol. The summed E-state index contributed by atoms with van der Waals surface area (Å²) in [5.41, 5.74) is 0. The largest absolute Gasteiger partial charge is 0.479 e. The zero-order valence-corrected chi connectivity index (χ0v) is 11.1. The first-order valence-corrected chi connectivity index (χ1v) is 6.54. The molecule has 1 atom stereocenters. The van der Waals surface area contributed by atoms with Crippen LogP contribution in [0.15, 0.2) is 17.5 Å². The van der Waals surface area contributed by atoms with Crippen LogP contribution in [0.2, 0.25) is 0 Å². The van der Waals surface area contributed by atoms with Crippen LogP contribution in [-0.2, 0) is 4.79 Å². The average Bonchev–Trinajstić information content (AvgIpc) is 2.87. The van der Waals surface area contributed by atoms with E-state index in [1.54, 1.807) is 11.4 Å². The lowest BCUT2D eigenvalue weighted by Gasteiger charge is -2.23. The molecule has 0 aromatic carbocycles. The Labute approximate surface area is 117 Å². The summed E-state index contributed by atoms with van der Waals surface area (Å²) in [6.45, 7) is -1.66. The summed E-state index contributed by atoms with van der Waals surface area (Å²) in [6, 6.07) is 0.876. The Morgan fingerprint density at radius 2 is 2.15 bits per heavy atom. The molecule has 0 aliphatic heterocycles. The Kier molecular flexibility index (Phi) is 6.32. The zero-order valence-electron chi connectivity index (χ0n) is 10.3. The van der Waals surface area contributed by atoms with E-state index < -0.39 is 37.6 Å². The van der Waals surface area contributed by atoms with Gasteiger partial charge in [-0.2, -0.15) is 0 Å². The molecule has 0 aliphatic rings. The molecule has 1 aromatic rings. The molecule has 3 N–H and O–H groups in total. The van der Waals surface area contributed by atoms with E-state index in [1.807, 2.05) is 0 Å². The van der Waals surface area contributed by atoms with Gasteiger partial charge < -0.3 is 20.4 Å². The van der Waals surface area contributed by atoms with Crippen LogP contribution in [0, 0.1) is 0 Å². The van der Waals surface area contributed by atoms with Crippen LogP contribution in [0.4, 0.5) is 13.6 Å². The number of nitrogens with zero attached hydrogens (tertiary/aromatic N) is 1. The van der Waals surface area contributed by atoms with E-state index in [4.69, 9.17) is 10.2 Å². The maximum atomic E-state index is 12.3. The van der Waals surface area contributed by atoms with E-state index in [0.29, 0.717) is 9.78 Å². The number of aliphatic hydroxyl groups is 1. The fourth-order valence-electron chi connectivity index (χ4n) is 1.49. The highest BCUT2D eigenvalue weighted by Gasteiger charge is 2.26. The van der Waals surface area contributed by atoms with E-state index in [1.165, 1.54) is 6.07 Å². The van der Waals surface area contributed by atoms with Crippen molar-refractivity contribution in [2.45, 2.75) is 12.5 Å². The van der Waals surface area contributed by atoms with Crippen LogP contribution in [0.1, 0.15) is 10.9 Å². The van der Waals surface area contributed by atoms with Gasteiger partial charge in [0.25, 0.3) is 6.43 Å². The van der Waals surface area contributed by atoms with Crippen LogP contribution in [-0.4, -0.2) is 53.2 Å². The van der Waals surface area contributed by atoms with Crippen molar-refractivity contribution in [1.82, 2.24) is 10.2 Å². The molecular formula is C11H14F2N2O4S. The number of hydrogen-bond acceptors (Lipinski definition) is 4. The van der Waals surface area contributed by atoms with E-state index in [9.17, 15) is 18.4 Å².